The van der Waals surface area contributed by atoms with Crippen molar-refractivity contribution in [3.8, 4) is 17.6 Å². The van der Waals surface area contributed by atoms with Crippen LogP contribution in [0.15, 0.2) is 33.9 Å². The van der Waals surface area contributed by atoms with Gasteiger partial charge in [0.1, 0.15) is 22.5 Å². The summed E-state index contributed by atoms with van der Waals surface area (Å²) in [5.41, 5.74) is -2.86. The molecule has 154 valence electrons. The average molecular weight is 438 g/mol. The van der Waals surface area contributed by atoms with Crippen molar-refractivity contribution < 1.29 is 17.9 Å². The summed E-state index contributed by atoms with van der Waals surface area (Å²) < 4.78 is 47.1. The first kappa shape index (κ1) is 21.1. The van der Waals surface area contributed by atoms with Crippen molar-refractivity contribution in [2.75, 3.05) is 0 Å². The fraction of sp³-hybridized carbons (Fsp3) is 0.167. The molecule has 1 aromatic carbocycles. The van der Waals surface area contributed by atoms with E-state index in [1.807, 2.05) is 0 Å². The highest BCUT2D eigenvalue weighted by Gasteiger charge is 2.34. The average Bonchev–Trinajstić information content (AvgIpc) is 2.65. The van der Waals surface area contributed by atoms with E-state index in [2.05, 4.69) is 20.2 Å². The molecule has 0 fully saturated rings. The highest BCUT2D eigenvalue weighted by Crippen LogP contribution is 2.33. The highest BCUT2D eigenvalue weighted by molar-refractivity contribution is 6.29. The van der Waals surface area contributed by atoms with Crippen molar-refractivity contribution in [1.82, 2.24) is 20.2 Å². The highest BCUT2D eigenvalue weighted by atomic mass is 35.5. The van der Waals surface area contributed by atoms with Gasteiger partial charge in [0, 0.05) is 25.0 Å². The fourth-order valence-corrected chi connectivity index (χ4v) is 2.69. The molecule has 0 unspecified atom stereocenters. The molecule has 0 bridgehead atoms. The van der Waals surface area contributed by atoms with E-state index < -0.39 is 34.3 Å². The minimum absolute atomic E-state index is 0.0287. The lowest BCUT2D eigenvalue weighted by Crippen LogP contribution is -2.24. The van der Waals surface area contributed by atoms with Gasteiger partial charge in [0.15, 0.2) is 5.69 Å². The number of H-pyrrole nitrogens is 2. The number of alkyl halides is 2. The number of aromatic amines is 2. The molecule has 2 heterocycles. The van der Waals surface area contributed by atoms with Crippen LogP contribution in [0.5, 0.6) is 11.5 Å². The number of hydrogen-bond donors (Lipinski definition) is 2. The minimum Gasteiger partial charge on any atom is -0.449 e. The van der Waals surface area contributed by atoms with E-state index in [-0.39, 0.29) is 34.3 Å². The summed E-state index contributed by atoms with van der Waals surface area (Å²) in [6, 6.07) is 5.69. The molecular weight excluding hydrogens is 427 g/mol. The quantitative estimate of drug-likeness (QED) is 0.632. The summed E-state index contributed by atoms with van der Waals surface area (Å²) in [5, 5.41) is 14.4. The third kappa shape index (κ3) is 4.66. The predicted octanol–water partition coefficient (Wildman–Crippen LogP) is 3.01. The molecule has 0 amide bonds. The topological polar surface area (TPSA) is 125 Å². The predicted molar refractivity (Wildman–Crippen MR) is 98.3 cm³/mol. The van der Waals surface area contributed by atoms with Crippen LogP contribution in [0.25, 0.3) is 0 Å². The maximum absolute atomic E-state index is 14.2. The second kappa shape index (κ2) is 8.00. The molecule has 0 saturated heterocycles. The van der Waals surface area contributed by atoms with Gasteiger partial charge in [0.25, 0.3) is 17.0 Å². The van der Waals surface area contributed by atoms with E-state index in [1.54, 1.807) is 6.07 Å². The number of ether oxygens (including phenoxy) is 1. The number of nitriles is 1. The maximum atomic E-state index is 14.2. The molecule has 0 aliphatic rings. The Morgan fingerprint density at radius 3 is 2.63 bits per heavy atom. The summed E-state index contributed by atoms with van der Waals surface area (Å²) in [6.45, 7) is 0.494. The second-order valence-electron chi connectivity index (χ2n) is 6.19. The Balaban J connectivity index is 2.08. The number of nitrogens with zero attached hydrogens (tertiary/aromatic N) is 3. The van der Waals surface area contributed by atoms with Crippen molar-refractivity contribution in [3.63, 3.8) is 0 Å². The van der Waals surface area contributed by atoms with Crippen molar-refractivity contribution in [2.45, 2.75) is 19.3 Å². The Labute approximate surface area is 170 Å². The van der Waals surface area contributed by atoms with Crippen LogP contribution >= 0.6 is 11.6 Å². The third-order valence-electron chi connectivity index (χ3n) is 3.77. The van der Waals surface area contributed by atoms with E-state index in [1.165, 1.54) is 6.07 Å². The number of benzene rings is 1. The summed E-state index contributed by atoms with van der Waals surface area (Å²) in [4.78, 5) is 30.2. The first-order valence-electron chi connectivity index (χ1n) is 8.21. The summed E-state index contributed by atoms with van der Waals surface area (Å²) in [6.07, 6.45) is -0.325. The Morgan fingerprint density at radius 2 is 1.97 bits per heavy atom. The molecule has 0 saturated carbocycles. The maximum Gasteiger partial charge on any atom is 0.294 e. The van der Waals surface area contributed by atoms with Gasteiger partial charge < -0.3 is 9.72 Å². The normalized spacial score (nSPS) is 11.2. The van der Waals surface area contributed by atoms with Crippen LogP contribution in [0.1, 0.15) is 29.6 Å². The van der Waals surface area contributed by atoms with E-state index in [4.69, 9.17) is 21.6 Å². The number of nitrogens with one attached hydrogen (secondary N) is 2. The smallest absolute Gasteiger partial charge is 0.294 e. The van der Waals surface area contributed by atoms with Crippen LogP contribution in [0.3, 0.4) is 0 Å². The number of hydrogen-bond acceptors (Lipinski definition) is 6. The van der Waals surface area contributed by atoms with Crippen molar-refractivity contribution in [2.24, 2.45) is 0 Å². The van der Waals surface area contributed by atoms with Gasteiger partial charge in [-0.3, -0.25) is 9.59 Å². The number of halogens is 4. The van der Waals surface area contributed by atoms with Crippen LogP contribution < -0.4 is 15.9 Å². The van der Waals surface area contributed by atoms with Gasteiger partial charge in [-0.2, -0.15) is 19.1 Å². The monoisotopic (exact) mass is 437 g/mol. The Bertz CT molecular complexity index is 1280. The molecule has 30 heavy (non-hydrogen) atoms. The molecule has 12 heteroatoms. The largest absolute Gasteiger partial charge is 0.449 e. The lowest BCUT2D eigenvalue weighted by Gasteiger charge is -2.16. The van der Waals surface area contributed by atoms with Gasteiger partial charge in [-0.1, -0.05) is 11.6 Å². The van der Waals surface area contributed by atoms with Gasteiger partial charge in [0.2, 0.25) is 5.75 Å². The molecule has 0 aliphatic heterocycles. The van der Waals surface area contributed by atoms with Crippen LogP contribution in [0.2, 0.25) is 5.15 Å². The van der Waals surface area contributed by atoms with Gasteiger partial charge in [-0.25, -0.2) is 14.5 Å². The van der Waals surface area contributed by atoms with Crippen molar-refractivity contribution >= 4 is 11.6 Å². The standard InChI is InChI=1S/C18H11ClF3N5O3/c1-18(21,22)15-14(30-11-3-8(7-23)2-10(20)6-11)17(29)25-13(24-15)5-9-4-12(19)26-27-16(9)28/h2-4,6H,5H2,1H3,(H,27,28)(H,24,25,29). The third-order valence-corrected chi connectivity index (χ3v) is 3.96. The van der Waals surface area contributed by atoms with Crippen LogP contribution in [-0.2, 0) is 12.3 Å². The molecule has 0 atom stereocenters. The van der Waals surface area contributed by atoms with E-state index in [9.17, 15) is 22.8 Å². The fourth-order valence-electron chi connectivity index (χ4n) is 2.52. The molecule has 2 aromatic heterocycles. The summed E-state index contributed by atoms with van der Waals surface area (Å²) >= 11 is 5.70. The summed E-state index contributed by atoms with van der Waals surface area (Å²) in [5.74, 6) is -5.94. The first-order chi connectivity index (χ1) is 14.1. The van der Waals surface area contributed by atoms with Gasteiger partial charge in [-0.15, -0.1) is 0 Å². The molecular formula is C18H11ClF3N5O3. The molecule has 0 radical (unpaired) electrons. The molecule has 3 aromatic rings. The Hall–Kier alpha value is -3.65. The summed E-state index contributed by atoms with van der Waals surface area (Å²) in [7, 11) is 0. The second-order valence-corrected chi connectivity index (χ2v) is 6.58. The van der Waals surface area contributed by atoms with Gasteiger partial charge in [-0.05, 0) is 18.2 Å². The Morgan fingerprint density at radius 1 is 1.23 bits per heavy atom. The molecule has 8 nitrogen and oxygen atoms in total. The van der Waals surface area contributed by atoms with E-state index in [0.29, 0.717) is 6.92 Å². The molecule has 0 aliphatic carbocycles. The zero-order valence-corrected chi connectivity index (χ0v) is 15.9. The van der Waals surface area contributed by atoms with Crippen molar-refractivity contribution in [3.05, 3.63) is 78.6 Å². The minimum atomic E-state index is -3.62. The molecule has 0 spiro atoms. The SMILES string of the molecule is CC(F)(F)c1nc(Cc2cc(Cl)n[nH]c2=O)[nH]c(=O)c1Oc1cc(F)cc(C#N)c1. The van der Waals surface area contributed by atoms with E-state index >= 15 is 0 Å². The lowest BCUT2D eigenvalue weighted by atomic mass is 10.2. The zero-order chi connectivity index (χ0) is 22.1. The number of aromatic nitrogens is 4. The first-order valence-corrected chi connectivity index (χ1v) is 8.58. The molecule has 3 rings (SSSR count). The van der Waals surface area contributed by atoms with Crippen LogP contribution in [0.4, 0.5) is 13.2 Å². The van der Waals surface area contributed by atoms with Gasteiger partial charge in [0.05, 0.1) is 11.6 Å². The van der Waals surface area contributed by atoms with E-state index in [0.717, 1.165) is 18.2 Å². The lowest BCUT2D eigenvalue weighted by molar-refractivity contribution is 0.0101. The zero-order valence-electron chi connectivity index (χ0n) is 15.1. The molecule has 2 N–H and O–H groups in total. The van der Waals surface area contributed by atoms with Crippen LogP contribution in [0, 0.1) is 17.1 Å². The number of rotatable bonds is 5. The Kier molecular flexibility index (Phi) is 5.62. The van der Waals surface area contributed by atoms with Crippen molar-refractivity contribution in [1.29, 1.82) is 5.26 Å². The van der Waals surface area contributed by atoms with Gasteiger partial charge >= 0.3 is 0 Å². The van der Waals surface area contributed by atoms with Crippen LogP contribution in [-0.4, -0.2) is 20.2 Å².